The molecule has 0 radical (unpaired) electrons. The third kappa shape index (κ3) is 2.43. The summed E-state index contributed by atoms with van der Waals surface area (Å²) in [6, 6.07) is 0. The van der Waals surface area contributed by atoms with Crippen molar-refractivity contribution < 1.29 is 23.7 Å². The summed E-state index contributed by atoms with van der Waals surface area (Å²) in [7, 11) is 0. The molecule has 2 atom stereocenters. The molecular formula is C11H18O5. The summed E-state index contributed by atoms with van der Waals surface area (Å²) in [6.45, 7) is 6.61. The second-order valence-electron chi connectivity index (χ2n) is 4.81. The Kier molecular flexibility index (Phi) is 3.05. The van der Waals surface area contributed by atoms with E-state index >= 15 is 0 Å². The van der Waals surface area contributed by atoms with Crippen molar-refractivity contribution in [2.75, 3.05) is 13.2 Å². The molecule has 5 heteroatoms. The number of ether oxygens (including phenoxy) is 4. The van der Waals surface area contributed by atoms with E-state index in [0.717, 1.165) is 6.29 Å². The van der Waals surface area contributed by atoms with Crippen LogP contribution in [0.5, 0.6) is 0 Å². The molecule has 0 aliphatic carbocycles. The Morgan fingerprint density at radius 3 is 2.38 bits per heavy atom. The standard InChI is InChI=1S/C11H18O5/c1-10(2)15-8(9(7-12)16-10)6-11(3)13-4-5-14-11/h7-9H,4-6H2,1-3H3/t8-,9-/m1/s1. The van der Waals surface area contributed by atoms with Gasteiger partial charge in [0.1, 0.15) is 6.10 Å². The summed E-state index contributed by atoms with van der Waals surface area (Å²) in [5.74, 6) is -1.37. The highest BCUT2D eigenvalue weighted by molar-refractivity contribution is 5.57. The van der Waals surface area contributed by atoms with Crippen LogP contribution in [0.1, 0.15) is 27.2 Å². The second kappa shape index (κ2) is 4.07. The van der Waals surface area contributed by atoms with Gasteiger partial charge in [-0.25, -0.2) is 0 Å². The van der Waals surface area contributed by atoms with Gasteiger partial charge in [0.2, 0.25) is 0 Å². The number of hydrogen-bond donors (Lipinski definition) is 0. The van der Waals surface area contributed by atoms with Gasteiger partial charge in [0.15, 0.2) is 17.9 Å². The molecule has 0 N–H and O–H groups in total. The van der Waals surface area contributed by atoms with Crippen LogP contribution >= 0.6 is 0 Å². The van der Waals surface area contributed by atoms with Crippen LogP contribution in [0.3, 0.4) is 0 Å². The first-order chi connectivity index (χ1) is 7.44. The Hall–Kier alpha value is -0.490. The fraction of sp³-hybridized carbons (Fsp3) is 0.909. The van der Waals surface area contributed by atoms with Crippen LogP contribution in [0.15, 0.2) is 0 Å². The molecule has 0 aromatic heterocycles. The van der Waals surface area contributed by atoms with Gasteiger partial charge in [-0.2, -0.15) is 0 Å². The highest BCUT2D eigenvalue weighted by Gasteiger charge is 2.46. The Labute approximate surface area is 95.0 Å². The maximum absolute atomic E-state index is 10.9. The fourth-order valence-electron chi connectivity index (χ4n) is 2.18. The van der Waals surface area contributed by atoms with E-state index < -0.39 is 17.7 Å². The Balaban J connectivity index is 2.01. The normalized spacial score (nSPS) is 36.4. The molecule has 5 nitrogen and oxygen atoms in total. The smallest absolute Gasteiger partial charge is 0.168 e. The maximum Gasteiger partial charge on any atom is 0.168 e. The summed E-state index contributed by atoms with van der Waals surface area (Å²) < 4.78 is 22.1. The molecule has 0 spiro atoms. The number of rotatable bonds is 3. The predicted molar refractivity (Wildman–Crippen MR) is 54.8 cm³/mol. The van der Waals surface area contributed by atoms with Crippen LogP contribution in [0.2, 0.25) is 0 Å². The summed E-state index contributed by atoms with van der Waals surface area (Å²) >= 11 is 0. The van der Waals surface area contributed by atoms with Crippen LogP contribution in [-0.4, -0.2) is 43.3 Å². The van der Waals surface area contributed by atoms with E-state index in [2.05, 4.69) is 0 Å². The van der Waals surface area contributed by atoms with Crippen LogP contribution in [0.25, 0.3) is 0 Å². The molecule has 0 unspecified atom stereocenters. The van der Waals surface area contributed by atoms with E-state index in [4.69, 9.17) is 18.9 Å². The monoisotopic (exact) mass is 230 g/mol. The first kappa shape index (κ1) is 12.0. The quantitative estimate of drug-likeness (QED) is 0.673. The molecule has 2 saturated heterocycles. The molecule has 2 aliphatic rings. The Bertz CT molecular complexity index is 270. The highest BCUT2D eigenvalue weighted by atomic mass is 16.8. The average Bonchev–Trinajstić information content (AvgIpc) is 2.70. The Morgan fingerprint density at radius 2 is 1.81 bits per heavy atom. The van der Waals surface area contributed by atoms with E-state index in [1.54, 1.807) is 13.8 Å². The molecular weight excluding hydrogens is 212 g/mol. The highest BCUT2D eigenvalue weighted by Crippen LogP contribution is 2.34. The zero-order valence-corrected chi connectivity index (χ0v) is 9.89. The van der Waals surface area contributed by atoms with E-state index in [-0.39, 0.29) is 6.10 Å². The van der Waals surface area contributed by atoms with Gasteiger partial charge in [-0.15, -0.1) is 0 Å². The van der Waals surface area contributed by atoms with Crippen molar-refractivity contribution in [2.45, 2.75) is 51.0 Å². The molecule has 0 bridgehead atoms. The van der Waals surface area contributed by atoms with E-state index in [9.17, 15) is 4.79 Å². The lowest BCUT2D eigenvalue weighted by atomic mass is 10.1. The minimum atomic E-state index is -0.717. The topological polar surface area (TPSA) is 54.0 Å². The third-order valence-electron chi connectivity index (χ3n) is 2.83. The third-order valence-corrected chi connectivity index (χ3v) is 2.83. The predicted octanol–water partition coefficient (Wildman–Crippen LogP) is 0.859. The minimum absolute atomic E-state index is 0.310. The Morgan fingerprint density at radius 1 is 1.19 bits per heavy atom. The minimum Gasteiger partial charge on any atom is -0.348 e. The lowest BCUT2D eigenvalue weighted by Crippen LogP contribution is -2.36. The van der Waals surface area contributed by atoms with Crippen molar-refractivity contribution in [3.8, 4) is 0 Å². The van der Waals surface area contributed by atoms with Gasteiger partial charge >= 0.3 is 0 Å². The second-order valence-corrected chi connectivity index (χ2v) is 4.81. The first-order valence-corrected chi connectivity index (χ1v) is 5.53. The summed E-state index contributed by atoms with van der Waals surface area (Å²) in [5.41, 5.74) is 0. The average molecular weight is 230 g/mol. The van der Waals surface area contributed by atoms with Gasteiger partial charge in [-0.3, -0.25) is 0 Å². The summed E-state index contributed by atoms with van der Waals surface area (Å²) in [6.07, 6.45) is 0.424. The van der Waals surface area contributed by atoms with Crippen molar-refractivity contribution in [1.82, 2.24) is 0 Å². The fourth-order valence-corrected chi connectivity index (χ4v) is 2.18. The molecule has 2 rings (SSSR count). The zero-order valence-electron chi connectivity index (χ0n) is 9.89. The number of aldehydes is 1. The van der Waals surface area contributed by atoms with Crippen molar-refractivity contribution in [3.63, 3.8) is 0 Å². The molecule has 16 heavy (non-hydrogen) atoms. The van der Waals surface area contributed by atoms with Gasteiger partial charge in [-0.05, 0) is 20.8 Å². The number of hydrogen-bond acceptors (Lipinski definition) is 5. The SMILES string of the molecule is CC1(C)O[C@H](C=O)[C@@H](CC2(C)OCCO2)O1. The van der Waals surface area contributed by atoms with Gasteiger partial charge in [0.05, 0.1) is 19.3 Å². The zero-order chi connectivity index (χ0) is 11.8. The largest absolute Gasteiger partial charge is 0.348 e. The molecule has 2 heterocycles. The van der Waals surface area contributed by atoms with E-state index in [0.29, 0.717) is 19.6 Å². The lowest BCUT2D eigenvalue weighted by molar-refractivity contribution is -0.181. The summed E-state index contributed by atoms with van der Waals surface area (Å²) in [5, 5.41) is 0. The van der Waals surface area contributed by atoms with Crippen molar-refractivity contribution in [1.29, 1.82) is 0 Å². The van der Waals surface area contributed by atoms with Gasteiger partial charge in [0, 0.05) is 6.42 Å². The molecule has 0 aromatic carbocycles. The van der Waals surface area contributed by atoms with Gasteiger partial charge < -0.3 is 23.7 Å². The van der Waals surface area contributed by atoms with E-state index in [1.165, 1.54) is 0 Å². The van der Waals surface area contributed by atoms with Gasteiger partial charge in [-0.1, -0.05) is 0 Å². The summed E-state index contributed by atoms with van der Waals surface area (Å²) in [4.78, 5) is 10.9. The molecule has 2 fully saturated rings. The van der Waals surface area contributed by atoms with Crippen LogP contribution in [0.4, 0.5) is 0 Å². The lowest BCUT2D eigenvalue weighted by Gasteiger charge is -2.26. The molecule has 92 valence electrons. The number of carbonyl (C=O) groups is 1. The van der Waals surface area contributed by atoms with Crippen LogP contribution < -0.4 is 0 Å². The van der Waals surface area contributed by atoms with Crippen molar-refractivity contribution >= 4 is 6.29 Å². The van der Waals surface area contributed by atoms with E-state index in [1.807, 2.05) is 6.92 Å². The van der Waals surface area contributed by atoms with Crippen molar-refractivity contribution in [2.24, 2.45) is 0 Å². The maximum atomic E-state index is 10.9. The van der Waals surface area contributed by atoms with Crippen molar-refractivity contribution in [3.05, 3.63) is 0 Å². The van der Waals surface area contributed by atoms with Crippen LogP contribution in [0, 0.1) is 0 Å². The molecule has 0 saturated carbocycles. The molecule has 0 aromatic rings. The first-order valence-electron chi connectivity index (χ1n) is 5.53. The van der Waals surface area contributed by atoms with Gasteiger partial charge in [0.25, 0.3) is 0 Å². The molecule has 2 aliphatic heterocycles. The molecule has 0 amide bonds. The number of carbonyl (C=O) groups excluding carboxylic acids is 1. The van der Waals surface area contributed by atoms with Crippen LogP contribution in [-0.2, 0) is 23.7 Å².